The molecule has 1 rings (SSSR count). The molecule has 0 saturated carbocycles. The molecule has 1 aromatic rings. The first-order chi connectivity index (χ1) is 8.89. The second-order valence-electron chi connectivity index (χ2n) is 4.89. The Kier molecular flexibility index (Phi) is 5.66. The maximum Gasteiger partial charge on any atom is 0.232 e. The third-order valence-electron chi connectivity index (χ3n) is 2.92. The summed E-state index contributed by atoms with van der Waals surface area (Å²) in [6, 6.07) is 5.59. The van der Waals surface area contributed by atoms with E-state index in [0.29, 0.717) is 23.8 Å². The van der Waals surface area contributed by atoms with Gasteiger partial charge in [-0.15, -0.1) is 0 Å². The van der Waals surface area contributed by atoms with E-state index in [1.54, 1.807) is 6.07 Å². The van der Waals surface area contributed by atoms with Crippen molar-refractivity contribution in [3.05, 3.63) is 23.8 Å². The van der Waals surface area contributed by atoms with Crippen molar-refractivity contribution < 1.29 is 13.2 Å². The first-order valence-electron chi connectivity index (χ1n) is 6.58. The molecule has 1 aromatic carbocycles. The molecule has 1 N–H and O–H groups in total. The summed E-state index contributed by atoms with van der Waals surface area (Å²) >= 11 is 0. The van der Waals surface area contributed by atoms with Gasteiger partial charge in [-0.25, -0.2) is 8.42 Å². The Morgan fingerprint density at radius 2 is 2.00 bits per heavy atom. The van der Waals surface area contributed by atoms with Gasteiger partial charge in [0.25, 0.3) is 0 Å². The van der Waals surface area contributed by atoms with Crippen LogP contribution < -0.4 is 9.46 Å². The highest BCUT2D eigenvalue weighted by atomic mass is 32.2. The highest BCUT2D eigenvalue weighted by Crippen LogP contribution is 2.29. The fraction of sp³-hybridized carbons (Fsp3) is 0.571. The topological polar surface area (TPSA) is 55.4 Å². The van der Waals surface area contributed by atoms with E-state index in [0.717, 1.165) is 12.0 Å². The largest absolute Gasteiger partial charge is 0.495 e. The van der Waals surface area contributed by atoms with Gasteiger partial charge in [-0.2, -0.15) is 0 Å². The van der Waals surface area contributed by atoms with Crippen LogP contribution in [0.2, 0.25) is 0 Å². The number of anilines is 1. The molecular formula is C14H23NO3S. The zero-order chi connectivity index (χ0) is 14.5. The molecule has 0 bridgehead atoms. The molecule has 4 nitrogen and oxygen atoms in total. The quantitative estimate of drug-likeness (QED) is 0.835. The van der Waals surface area contributed by atoms with Gasteiger partial charge < -0.3 is 4.74 Å². The molecule has 0 heterocycles. The molecule has 0 aliphatic heterocycles. The van der Waals surface area contributed by atoms with Crippen molar-refractivity contribution in [3.8, 4) is 5.75 Å². The summed E-state index contributed by atoms with van der Waals surface area (Å²) in [4.78, 5) is 0. The van der Waals surface area contributed by atoms with Gasteiger partial charge in [0, 0.05) is 0 Å². The summed E-state index contributed by atoms with van der Waals surface area (Å²) < 4.78 is 31.7. The molecule has 0 radical (unpaired) electrons. The number of nitrogens with one attached hydrogen (secondary N) is 1. The van der Waals surface area contributed by atoms with Crippen LogP contribution in [-0.4, -0.2) is 21.3 Å². The highest BCUT2D eigenvalue weighted by molar-refractivity contribution is 7.92. The van der Waals surface area contributed by atoms with E-state index in [2.05, 4.69) is 18.6 Å². The number of hydrogen-bond donors (Lipinski definition) is 1. The van der Waals surface area contributed by atoms with Crippen LogP contribution in [-0.2, 0) is 10.0 Å². The minimum atomic E-state index is -3.30. The molecule has 0 aromatic heterocycles. The zero-order valence-corrected chi connectivity index (χ0v) is 12.9. The van der Waals surface area contributed by atoms with Crippen molar-refractivity contribution in [1.29, 1.82) is 0 Å². The summed E-state index contributed by atoms with van der Waals surface area (Å²) in [5, 5.41) is 0. The Morgan fingerprint density at radius 1 is 1.32 bits per heavy atom. The summed E-state index contributed by atoms with van der Waals surface area (Å²) in [7, 11) is -1.77. The van der Waals surface area contributed by atoms with Crippen LogP contribution in [0.3, 0.4) is 0 Å². The average Bonchev–Trinajstić information content (AvgIpc) is 2.35. The minimum absolute atomic E-state index is 0.137. The Labute approximate surface area is 116 Å². The number of sulfonamides is 1. The molecule has 0 aliphatic carbocycles. The fourth-order valence-corrected chi connectivity index (χ4v) is 2.98. The first-order valence-corrected chi connectivity index (χ1v) is 8.23. The standard InChI is InChI=1S/C14H23NO3S/c1-5-6-9-19(16,17)15-13-10-12(11(2)3)7-8-14(13)18-4/h7-8,10-11,15H,5-6,9H2,1-4H3. The van der Waals surface area contributed by atoms with Crippen molar-refractivity contribution in [2.45, 2.75) is 39.5 Å². The van der Waals surface area contributed by atoms with E-state index in [4.69, 9.17) is 4.74 Å². The zero-order valence-electron chi connectivity index (χ0n) is 12.1. The molecule has 108 valence electrons. The number of rotatable bonds is 7. The highest BCUT2D eigenvalue weighted by Gasteiger charge is 2.14. The molecule has 19 heavy (non-hydrogen) atoms. The van der Waals surface area contributed by atoms with Gasteiger partial charge in [-0.1, -0.05) is 33.3 Å². The van der Waals surface area contributed by atoms with Crippen molar-refractivity contribution in [1.82, 2.24) is 0 Å². The monoisotopic (exact) mass is 285 g/mol. The molecule has 0 amide bonds. The van der Waals surface area contributed by atoms with Crippen LogP contribution in [0.4, 0.5) is 5.69 Å². The average molecular weight is 285 g/mol. The predicted octanol–water partition coefficient (Wildman–Crippen LogP) is 3.36. The van der Waals surface area contributed by atoms with E-state index in [9.17, 15) is 8.42 Å². The van der Waals surface area contributed by atoms with Crippen LogP contribution >= 0.6 is 0 Å². The fourth-order valence-electron chi connectivity index (χ4n) is 1.72. The second-order valence-corrected chi connectivity index (χ2v) is 6.73. The number of unbranched alkanes of at least 4 members (excludes halogenated alkanes) is 1. The number of benzene rings is 1. The number of methoxy groups -OCH3 is 1. The second kappa shape index (κ2) is 6.80. The molecular weight excluding hydrogens is 262 g/mol. The maximum atomic E-state index is 11.9. The molecule has 0 fully saturated rings. The molecule has 0 saturated heterocycles. The van der Waals surface area contributed by atoms with E-state index >= 15 is 0 Å². The van der Waals surface area contributed by atoms with Crippen LogP contribution in [0.1, 0.15) is 45.1 Å². The summed E-state index contributed by atoms with van der Waals surface area (Å²) in [5.74, 6) is 1.02. The Morgan fingerprint density at radius 3 is 2.53 bits per heavy atom. The molecule has 5 heteroatoms. The Bertz CT molecular complexity index is 509. The smallest absolute Gasteiger partial charge is 0.232 e. The van der Waals surface area contributed by atoms with E-state index in [1.807, 2.05) is 19.1 Å². The summed E-state index contributed by atoms with van der Waals surface area (Å²) in [6.07, 6.45) is 1.51. The number of ether oxygens (including phenoxy) is 1. The lowest BCUT2D eigenvalue weighted by Gasteiger charge is -2.14. The van der Waals surface area contributed by atoms with Gasteiger partial charge in [0.15, 0.2) is 0 Å². The lowest BCUT2D eigenvalue weighted by atomic mass is 10.0. The molecule has 0 unspecified atom stereocenters. The van der Waals surface area contributed by atoms with E-state index in [1.165, 1.54) is 7.11 Å². The van der Waals surface area contributed by atoms with Crippen LogP contribution in [0.5, 0.6) is 5.75 Å². The van der Waals surface area contributed by atoms with E-state index in [-0.39, 0.29) is 5.75 Å². The SMILES string of the molecule is CCCCS(=O)(=O)Nc1cc(C(C)C)ccc1OC. The van der Waals surface area contributed by atoms with Crippen molar-refractivity contribution in [2.24, 2.45) is 0 Å². The van der Waals surface area contributed by atoms with Gasteiger partial charge in [0.1, 0.15) is 5.75 Å². The molecule has 0 spiro atoms. The normalized spacial score (nSPS) is 11.6. The van der Waals surface area contributed by atoms with Gasteiger partial charge in [-0.05, 0) is 30.0 Å². The van der Waals surface area contributed by atoms with Gasteiger partial charge in [0.05, 0.1) is 18.6 Å². The van der Waals surface area contributed by atoms with Gasteiger partial charge in [0.2, 0.25) is 10.0 Å². The third-order valence-corrected chi connectivity index (χ3v) is 4.28. The van der Waals surface area contributed by atoms with Gasteiger partial charge in [-0.3, -0.25) is 4.72 Å². The van der Waals surface area contributed by atoms with Gasteiger partial charge >= 0.3 is 0 Å². The lowest BCUT2D eigenvalue weighted by molar-refractivity contribution is 0.416. The van der Waals surface area contributed by atoms with Crippen LogP contribution in [0.25, 0.3) is 0 Å². The first kappa shape index (κ1) is 15.8. The molecule has 0 atom stereocenters. The molecule has 0 aliphatic rings. The Balaban J connectivity index is 3.01. The predicted molar refractivity (Wildman–Crippen MR) is 79.4 cm³/mol. The maximum absolute atomic E-state index is 11.9. The van der Waals surface area contributed by atoms with E-state index < -0.39 is 10.0 Å². The van der Waals surface area contributed by atoms with Crippen molar-refractivity contribution in [2.75, 3.05) is 17.6 Å². The Hall–Kier alpha value is -1.23. The summed E-state index contributed by atoms with van der Waals surface area (Å²) in [6.45, 7) is 6.10. The third kappa shape index (κ3) is 4.74. The lowest BCUT2D eigenvalue weighted by Crippen LogP contribution is -2.17. The van der Waals surface area contributed by atoms with Crippen LogP contribution in [0.15, 0.2) is 18.2 Å². The van der Waals surface area contributed by atoms with Crippen molar-refractivity contribution >= 4 is 15.7 Å². The number of hydrogen-bond acceptors (Lipinski definition) is 3. The minimum Gasteiger partial charge on any atom is -0.495 e. The summed E-state index contributed by atoms with van der Waals surface area (Å²) in [5.41, 5.74) is 1.60. The van der Waals surface area contributed by atoms with Crippen LogP contribution in [0, 0.1) is 0 Å². The van der Waals surface area contributed by atoms with Crippen molar-refractivity contribution in [3.63, 3.8) is 0 Å².